The predicted molar refractivity (Wildman–Crippen MR) is 51.5 cm³/mol. The molecule has 0 fully saturated rings. The van der Waals surface area contributed by atoms with Gasteiger partial charge in [-0.3, -0.25) is 4.79 Å². The van der Waals surface area contributed by atoms with Crippen LogP contribution in [0.15, 0.2) is 18.2 Å². The molecule has 0 saturated carbocycles. The molecule has 2 N–H and O–H groups in total. The molecule has 0 aliphatic carbocycles. The molecule has 0 atom stereocenters. The number of benzene rings is 1. The lowest BCUT2D eigenvalue weighted by atomic mass is 10.2. The van der Waals surface area contributed by atoms with Crippen molar-refractivity contribution in [2.24, 2.45) is 0 Å². The molecule has 0 aliphatic heterocycles. The summed E-state index contributed by atoms with van der Waals surface area (Å²) in [5.74, 6) is -0.249. The highest BCUT2D eigenvalue weighted by atomic mass is 16.5. The number of nitrogens with two attached hydrogens (primary N) is 1. The number of nitrogen functional groups attached to an aromatic ring is 1. The van der Waals surface area contributed by atoms with Crippen LogP contribution in [0.4, 0.5) is 5.69 Å². The van der Waals surface area contributed by atoms with Crippen LogP contribution in [0.5, 0.6) is 5.75 Å². The minimum Gasteiger partial charge on any atom is -0.423 e. The Kier molecular flexibility index (Phi) is 3.08. The predicted octanol–water partition coefficient (Wildman–Crippen LogP) is 1.46. The van der Waals surface area contributed by atoms with E-state index in [4.69, 9.17) is 15.7 Å². The van der Waals surface area contributed by atoms with Gasteiger partial charge in [0.2, 0.25) is 0 Å². The molecule has 1 aromatic carbocycles. The number of carbonyl (C=O) groups excluding carboxylic acids is 1. The van der Waals surface area contributed by atoms with E-state index in [0.29, 0.717) is 5.69 Å². The lowest BCUT2D eigenvalue weighted by Gasteiger charge is -2.06. The molecule has 72 valence electrons. The summed E-state index contributed by atoms with van der Waals surface area (Å²) in [6.45, 7) is 1.67. The van der Waals surface area contributed by atoms with Crippen LogP contribution in [0, 0.1) is 11.3 Å². The summed E-state index contributed by atoms with van der Waals surface area (Å²) in [6.07, 6.45) is 0.249. The second kappa shape index (κ2) is 4.28. The monoisotopic (exact) mass is 190 g/mol. The number of hydrogen-bond acceptors (Lipinski definition) is 4. The first-order valence-corrected chi connectivity index (χ1v) is 4.18. The fourth-order valence-electron chi connectivity index (χ4n) is 0.943. The molecule has 0 unspecified atom stereocenters. The van der Waals surface area contributed by atoms with Gasteiger partial charge in [0.15, 0.2) is 5.75 Å². The van der Waals surface area contributed by atoms with E-state index in [2.05, 4.69) is 0 Å². The van der Waals surface area contributed by atoms with Crippen molar-refractivity contribution in [1.82, 2.24) is 0 Å². The minimum absolute atomic E-state index is 0.154. The summed E-state index contributed by atoms with van der Waals surface area (Å²) in [7, 11) is 0. The Bertz CT molecular complexity index is 394. The van der Waals surface area contributed by atoms with E-state index in [-0.39, 0.29) is 17.7 Å². The number of anilines is 1. The fraction of sp³-hybridized carbons (Fsp3) is 0.200. The summed E-state index contributed by atoms with van der Waals surface area (Å²) in [5.41, 5.74) is 6.14. The Morgan fingerprint density at radius 1 is 1.64 bits per heavy atom. The molecule has 0 aliphatic rings. The Morgan fingerprint density at radius 3 is 2.93 bits per heavy atom. The zero-order valence-corrected chi connectivity index (χ0v) is 7.78. The molecule has 0 heterocycles. The Balaban J connectivity index is 3.06. The smallest absolute Gasteiger partial charge is 0.311 e. The molecule has 0 bridgehead atoms. The number of rotatable bonds is 2. The van der Waals surface area contributed by atoms with E-state index in [0.717, 1.165) is 0 Å². The van der Waals surface area contributed by atoms with E-state index in [1.165, 1.54) is 0 Å². The zero-order chi connectivity index (χ0) is 10.6. The number of hydrogen-bond donors (Lipinski definition) is 1. The number of ether oxygens (including phenoxy) is 1. The number of esters is 1. The first-order chi connectivity index (χ1) is 6.69. The molecule has 0 aromatic heterocycles. The number of nitriles is 1. The normalized spacial score (nSPS) is 9.14. The highest BCUT2D eigenvalue weighted by Gasteiger charge is 2.10. The Hall–Kier alpha value is -2.02. The molecule has 1 rings (SSSR count). The van der Waals surface area contributed by atoms with Gasteiger partial charge >= 0.3 is 5.97 Å². The zero-order valence-electron chi connectivity index (χ0n) is 7.78. The van der Waals surface area contributed by atoms with Crippen LogP contribution in [-0.2, 0) is 4.79 Å². The molecule has 4 heteroatoms. The highest BCUT2D eigenvalue weighted by Crippen LogP contribution is 2.25. The second-order valence-corrected chi connectivity index (χ2v) is 2.66. The van der Waals surface area contributed by atoms with Gasteiger partial charge in [0, 0.05) is 6.42 Å². The van der Waals surface area contributed by atoms with E-state index >= 15 is 0 Å². The van der Waals surface area contributed by atoms with Crippen LogP contribution in [0.25, 0.3) is 0 Å². The van der Waals surface area contributed by atoms with Gasteiger partial charge in [0.25, 0.3) is 0 Å². The van der Waals surface area contributed by atoms with Gasteiger partial charge in [-0.1, -0.05) is 13.0 Å². The van der Waals surface area contributed by atoms with Crippen molar-refractivity contribution in [2.45, 2.75) is 13.3 Å². The first-order valence-electron chi connectivity index (χ1n) is 4.18. The van der Waals surface area contributed by atoms with Crippen LogP contribution >= 0.6 is 0 Å². The van der Waals surface area contributed by atoms with E-state index in [1.807, 2.05) is 6.07 Å². The van der Waals surface area contributed by atoms with Gasteiger partial charge in [0.1, 0.15) is 6.07 Å². The Labute approximate surface area is 81.9 Å². The van der Waals surface area contributed by atoms with Crippen LogP contribution in [0.1, 0.15) is 18.9 Å². The van der Waals surface area contributed by atoms with E-state index in [9.17, 15) is 4.79 Å². The maximum Gasteiger partial charge on any atom is 0.311 e. The quantitative estimate of drug-likeness (QED) is 0.435. The maximum atomic E-state index is 11.0. The van der Waals surface area contributed by atoms with Gasteiger partial charge in [-0.2, -0.15) is 5.26 Å². The molecule has 4 nitrogen and oxygen atoms in total. The van der Waals surface area contributed by atoms with Gasteiger partial charge in [-0.05, 0) is 12.1 Å². The third-order valence-corrected chi connectivity index (χ3v) is 1.67. The van der Waals surface area contributed by atoms with Gasteiger partial charge < -0.3 is 10.5 Å². The lowest BCUT2D eigenvalue weighted by molar-refractivity contribution is -0.133. The average Bonchev–Trinajstić information content (AvgIpc) is 2.20. The largest absolute Gasteiger partial charge is 0.423 e. The summed E-state index contributed by atoms with van der Waals surface area (Å²) in [5, 5.41) is 8.73. The summed E-state index contributed by atoms with van der Waals surface area (Å²) < 4.78 is 4.93. The van der Waals surface area contributed by atoms with Crippen molar-refractivity contribution < 1.29 is 9.53 Å². The topological polar surface area (TPSA) is 76.1 Å². The average molecular weight is 190 g/mol. The molecule has 0 radical (unpaired) electrons. The molecular formula is C10H10N2O2. The van der Waals surface area contributed by atoms with Crippen molar-refractivity contribution in [3.05, 3.63) is 23.8 Å². The van der Waals surface area contributed by atoms with Gasteiger partial charge in [-0.25, -0.2) is 0 Å². The number of para-hydroxylation sites is 1. The standard InChI is InChI=1S/C10H10N2O2/c1-2-9(13)14-10-7(6-11)4-3-5-8(10)12/h3-5H,2,12H2,1H3. The minimum atomic E-state index is -0.403. The summed E-state index contributed by atoms with van der Waals surface area (Å²) in [6, 6.07) is 6.68. The molecule has 0 saturated heterocycles. The van der Waals surface area contributed by atoms with E-state index in [1.54, 1.807) is 25.1 Å². The second-order valence-electron chi connectivity index (χ2n) is 2.66. The molecule has 1 aromatic rings. The van der Waals surface area contributed by atoms with Crippen LogP contribution in [0.3, 0.4) is 0 Å². The lowest BCUT2D eigenvalue weighted by Crippen LogP contribution is -2.08. The van der Waals surface area contributed by atoms with Crippen LogP contribution in [-0.4, -0.2) is 5.97 Å². The third-order valence-electron chi connectivity index (χ3n) is 1.67. The van der Waals surface area contributed by atoms with Crippen molar-refractivity contribution in [1.29, 1.82) is 5.26 Å². The molecule has 0 spiro atoms. The SMILES string of the molecule is CCC(=O)Oc1c(N)cccc1C#N. The first kappa shape index (κ1) is 10.1. The van der Waals surface area contributed by atoms with Gasteiger partial charge in [0.05, 0.1) is 11.3 Å². The molecule has 0 amide bonds. The molecular weight excluding hydrogens is 180 g/mol. The van der Waals surface area contributed by atoms with Crippen LogP contribution < -0.4 is 10.5 Å². The summed E-state index contributed by atoms with van der Waals surface area (Å²) in [4.78, 5) is 11.0. The summed E-state index contributed by atoms with van der Waals surface area (Å²) >= 11 is 0. The maximum absolute atomic E-state index is 11.0. The third kappa shape index (κ3) is 2.02. The number of nitrogens with zero attached hydrogens (tertiary/aromatic N) is 1. The van der Waals surface area contributed by atoms with Crippen molar-refractivity contribution in [3.8, 4) is 11.8 Å². The van der Waals surface area contributed by atoms with Crippen molar-refractivity contribution >= 4 is 11.7 Å². The van der Waals surface area contributed by atoms with Crippen molar-refractivity contribution in [2.75, 3.05) is 5.73 Å². The van der Waals surface area contributed by atoms with E-state index < -0.39 is 5.97 Å². The fourth-order valence-corrected chi connectivity index (χ4v) is 0.943. The van der Waals surface area contributed by atoms with Crippen LogP contribution in [0.2, 0.25) is 0 Å². The van der Waals surface area contributed by atoms with Crippen molar-refractivity contribution in [3.63, 3.8) is 0 Å². The Morgan fingerprint density at radius 2 is 2.36 bits per heavy atom. The molecule has 14 heavy (non-hydrogen) atoms. The number of carbonyl (C=O) groups is 1. The van der Waals surface area contributed by atoms with Gasteiger partial charge in [-0.15, -0.1) is 0 Å². The highest BCUT2D eigenvalue weighted by molar-refractivity contribution is 5.76.